The number of nitrogens with zero attached hydrogens (tertiary/aromatic N) is 2. The first-order valence-corrected chi connectivity index (χ1v) is 6.84. The highest BCUT2D eigenvalue weighted by Gasteiger charge is 2.27. The molecule has 1 aromatic carbocycles. The number of ether oxygens (including phenoxy) is 1. The molecule has 1 aliphatic carbocycles. The van der Waals surface area contributed by atoms with Crippen LogP contribution in [0.4, 0.5) is 0 Å². The second kappa shape index (κ2) is 7.71. The van der Waals surface area contributed by atoms with E-state index in [1.54, 1.807) is 0 Å². The molecule has 2 N–H and O–H groups in total. The van der Waals surface area contributed by atoms with Gasteiger partial charge in [0, 0.05) is 13.1 Å². The fraction of sp³-hybridized carbons (Fsp3) is 0.533. The molecule has 0 aromatic heterocycles. The summed E-state index contributed by atoms with van der Waals surface area (Å²) in [4.78, 5) is 6.49. The van der Waals surface area contributed by atoms with Crippen LogP contribution < -0.4 is 10.5 Å². The van der Waals surface area contributed by atoms with Gasteiger partial charge in [0.25, 0.3) is 0 Å². The molecule has 0 atom stereocenters. The minimum atomic E-state index is 0. The Balaban J connectivity index is 0.00000200. The molecular formula is C15H24IN3O. The first kappa shape index (κ1) is 17.1. The second-order valence-electron chi connectivity index (χ2n) is 5.33. The monoisotopic (exact) mass is 389 g/mol. The summed E-state index contributed by atoms with van der Waals surface area (Å²) in [6.07, 6.45) is 2.66. The molecule has 0 unspecified atom stereocenters. The van der Waals surface area contributed by atoms with Crippen LogP contribution in [0.3, 0.4) is 0 Å². The summed E-state index contributed by atoms with van der Waals surface area (Å²) in [7, 11) is 2.01. The summed E-state index contributed by atoms with van der Waals surface area (Å²) in [6, 6.07) is 8.62. The average molecular weight is 389 g/mol. The van der Waals surface area contributed by atoms with Crippen molar-refractivity contribution in [3.8, 4) is 5.75 Å². The highest BCUT2D eigenvalue weighted by molar-refractivity contribution is 14.0. The Morgan fingerprint density at radius 3 is 2.45 bits per heavy atom. The van der Waals surface area contributed by atoms with Crippen LogP contribution in [0.2, 0.25) is 0 Å². The minimum Gasteiger partial charge on any atom is -0.491 e. The van der Waals surface area contributed by atoms with Gasteiger partial charge in [-0.05, 0) is 44.4 Å². The third-order valence-electron chi connectivity index (χ3n) is 3.17. The maximum absolute atomic E-state index is 5.95. The molecule has 1 fully saturated rings. The molecule has 0 saturated heterocycles. The van der Waals surface area contributed by atoms with Crippen molar-refractivity contribution in [3.05, 3.63) is 29.8 Å². The third-order valence-corrected chi connectivity index (χ3v) is 3.17. The third kappa shape index (κ3) is 5.19. The van der Waals surface area contributed by atoms with Crippen molar-refractivity contribution in [1.29, 1.82) is 0 Å². The van der Waals surface area contributed by atoms with Gasteiger partial charge in [-0.3, -0.25) is 0 Å². The van der Waals surface area contributed by atoms with Crippen LogP contribution >= 0.6 is 24.0 Å². The van der Waals surface area contributed by atoms with Crippen LogP contribution in [-0.2, 0) is 6.54 Å². The number of aliphatic imine (C=N–C) groups is 1. The lowest BCUT2D eigenvalue weighted by Gasteiger charge is -2.16. The summed E-state index contributed by atoms with van der Waals surface area (Å²) >= 11 is 0. The Hall–Kier alpha value is -0.980. The van der Waals surface area contributed by atoms with E-state index in [0.29, 0.717) is 18.5 Å². The van der Waals surface area contributed by atoms with Crippen LogP contribution in [0, 0.1) is 0 Å². The molecule has 2 rings (SSSR count). The molecule has 0 amide bonds. The van der Waals surface area contributed by atoms with Gasteiger partial charge in [0.15, 0.2) is 5.96 Å². The highest BCUT2D eigenvalue weighted by Crippen LogP contribution is 2.25. The molecular weight excluding hydrogens is 365 g/mol. The molecule has 0 spiro atoms. The standard InChI is InChI=1S/C15H23N3O.HI/c1-11(2)19-14-8-4-12(5-9-14)10-17-15(16)18(3)13-6-7-13;/h4-5,8-9,11,13H,6-7,10H2,1-3H3,(H2,16,17);1H. The van der Waals surface area contributed by atoms with Crippen LogP contribution in [0.25, 0.3) is 0 Å². The van der Waals surface area contributed by atoms with Gasteiger partial charge in [-0.15, -0.1) is 24.0 Å². The second-order valence-corrected chi connectivity index (χ2v) is 5.33. The van der Waals surface area contributed by atoms with Crippen molar-refractivity contribution in [2.24, 2.45) is 10.7 Å². The van der Waals surface area contributed by atoms with Gasteiger partial charge >= 0.3 is 0 Å². The minimum absolute atomic E-state index is 0. The predicted molar refractivity (Wildman–Crippen MR) is 93.7 cm³/mol. The van der Waals surface area contributed by atoms with E-state index in [1.807, 2.05) is 45.2 Å². The van der Waals surface area contributed by atoms with Crippen LogP contribution in [-0.4, -0.2) is 30.1 Å². The zero-order chi connectivity index (χ0) is 13.8. The van der Waals surface area contributed by atoms with Crippen molar-refractivity contribution in [2.75, 3.05) is 7.05 Å². The first-order valence-electron chi connectivity index (χ1n) is 6.84. The Bertz CT molecular complexity index is 441. The largest absolute Gasteiger partial charge is 0.491 e. The Morgan fingerprint density at radius 2 is 1.95 bits per heavy atom. The molecule has 0 bridgehead atoms. The van der Waals surface area contributed by atoms with Crippen LogP contribution in [0.5, 0.6) is 5.75 Å². The van der Waals surface area contributed by atoms with Gasteiger partial charge in [0.05, 0.1) is 12.6 Å². The zero-order valence-corrected chi connectivity index (χ0v) is 14.7. The predicted octanol–water partition coefficient (Wildman–Crippen LogP) is 3.00. The highest BCUT2D eigenvalue weighted by atomic mass is 127. The lowest BCUT2D eigenvalue weighted by Crippen LogP contribution is -2.35. The van der Waals surface area contributed by atoms with Crippen molar-refractivity contribution < 1.29 is 4.74 Å². The first-order chi connectivity index (χ1) is 9.06. The van der Waals surface area contributed by atoms with E-state index in [1.165, 1.54) is 12.8 Å². The van der Waals surface area contributed by atoms with Crippen molar-refractivity contribution in [3.63, 3.8) is 0 Å². The van der Waals surface area contributed by atoms with E-state index in [9.17, 15) is 0 Å². The molecule has 1 aliphatic rings. The van der Waals surface area contributed by atoms with Crippen LogP contribution in [0.15, 0.2) is 29.3 Å². The normalized spacial score (nSPS) is 14.9. The molecule has 4 nitrogen and oxygen atoms in total. The molecule has 0 heterocycles. The zero-order valence-electron chi connectivity index (χ0n) is 12.4. The van der Waals surface area contributed by atoms with Crippen molar-refractivity contribution in [2.45, 2.75) is 45.4 Å². The Kier molecular flexibility index (Phi) is 6.58. The van der Waals surface area contributed by atoms with E-state index in [-0.39, 0.29) is 30.1 Å². The fourth-order valence-corrected chi connectivity index (χ4v) is 1.88. The van der Waals surface area contributed by atoms with Gasteiger partial charge in [0.1, 0.15) is 5.75 Å². The summed E-state index contributed by atoms with van der Waals surface area (Å²) in [6.45, 7) is 4.66. The van der Waals surface area contributed by atoms with E-state index >= 15 is 0 Å². The maximum atomic E-state index is 5.95. The van der Waals surface area contributed by atoms with E-state index in [4.69, 9.17) is 10.5 Å². The van der Waals surface area contributed by atoms with Gasteiger partial charge < -0.3 is 15.4 Å². The van der Waals surface area contributed by atoms with Gasteiger partial charge in [-0.2, -0.15) is 0 Å². The quantitative estimate of drug-likeness (QED) is 0.479. The fourth-order valence-electron chi connectivity index (χ4n) is 1.88. The van der Waals surface area contributed by atoms with Crippen molar-refractivity contribution in [1.82, 2.24) is 4.90 Å². The van der Waals surface area contributed by atoms with Gasteiger partial charge in [0.2, 0.25) is 0 Å². The number of nitrogens with two attached hydrogens (primary N) is 1. The van der Waals surface area contributed by atoms with Crippen LogP contribution in [0.1, 0.15) is 32.3 Å². The summed E-state index contributed by atoms with van der Waals surface area (Å²) in [5, 5.41) is 0. The summed E-state index contributed by atoms with van der Waals surface area (Å²) < 4.78 is 5.60. The topological polar surface area (TPSA) is 50.9 Å². The molecule has 1 aromatic rings. The lowest BCUT2D eigenvalue weighted by molar-refractivity contribution is 0.242. The molecule has 0 radical (unpaired) electrons. The van der Waals surface area contributed by atoms with E-state index in [2.05, 4.69) is 9.89 Å². The smallest absolute Gasteiger partial charge is 0.191 e. The van der Waals surface area contributed by atoms with E-state index < -0.39 is 0 Å². The lowest BCUT2D eigenvalue weighted by atomic mass is 10.2. The molecule has 1 saturated carbocycles. The number of halogens is 1. The van der Waals surface area contributed by atoms with E-state index in [0.717, 1.165) is 11.3 Å². The Morgan fingerprint density at radius 1 is 1.35 bits per heavy atom. The Labute approximate surface area is 138 Å². The average Bonchev–Trinajstić information content (AvgIpc) is 3.20. The number of rotatable bonds is 5. The maximum Gasteiger partial charge on any atom is 0.191 e. The number of guanidine groups is 1. The van der Waals surface area contributed by atoms with Crippen molar-refractivity contribution >= 4 is 29.9 Å². The molecule has 5 heteroatoms. The molecule has 0 aliphatic heterocycles. The number of benzene rings is 1. The summed E-state index contributed by atoms with van der Waals surface area (Å²) in [5.41, 5.74) is 7.09. The summed E-state index contributed by atoms with van der Waals surface area (Å²) in [5.74, 6) is 1.52. The number of hydrogen-bond acceptors (Lipinski definition) is 2. The SMILES string of the molecule is CC(C)Oc1ccc(CN=C(N)N(C)C2CC2)cc1.I. The molecule has 20 heavy (non-hydrogen) atoms. The number of hydrogen-bond donors (Lipinski definition) is 1. The van der Waals surface area contributed by atoms with Gasteiger partial charge in [-0.1, -0.05) is 12.1 Å². The van der Waals surface area contributed by atoms with Gasteiger partial charge in [-0.25, -0.2) is 4.99 Å². The molecule has 112 valence electrons.